The first-order chi connectivity index (χ1) is 11.5. The van der Waals surface area contributed by atoms with E-state index in [1.54, 1.807) is 11.3 Å². The van der Waals surface area contributed by atoms with Crippen LogP contribution in [0.15, 0.2) is 29.6 Å². The Balaban J connectivity index is 1.83. The summed E-state index contributed by atoms with van der Waals surface area (Å²) in [6.45, 7) is 3.36. The Labute approximate surface area is 155 Å². The third-order valence-electron chi connectivity index (χ3n) is 3.63. The number of nitrogens with zero attached hydrogens (tertiary/aromatic N) is 5. The number of halogens is 1. The zero-order chi connectivity index (χ0) is 17.3. The van der Waals surface area contributed by atoms with Crippen molar-refractivity contribution in [2.45, 2.75) is 20.1 Å². The Morgan fingerprint density at radius 2 is 2.08 bits per heavy atom. The molecule has 5 nitrogen and oxygen atoms in total. The molecular weight excluding hydrogens is 362 g/mol. The summed E-state index contributed by atoms with van der Waals surface area (Å²) in [5, 5.41) is 8.48. The number of hydrogen-bond donors (Lipinski definition) is 0. The maximum atomic E-state index is 6.29. The molecule has 0 aliphatic carbocycles. The summed E-state index contributed by atoms with van der Waals surface area (Å²) in [5.74, 6) is 0.767. The minimum absolute atomic E-state index is 0.591. The topological polar surface area (TPSA) is 38.9 Å². The monoisotopic (exact) mass is 379 g/mol. The van der Waals surface area contributed by atoms with E-state index in [1.807, 2.05) is 54.5 Å². The highest BCUT2D eigenvalue weighted by Gasteiger charge is 2.14. The van der Waals surface area contributed by atoms with E-state index < -0.39 is 0 Å². The molecule has 0 aliphatic heterocycles. The number of aryl methyl sites for hydroxylation is 1. The lowest BCUT2D eigenvalue weighted by atomic mass is 10.2. The van der Waals surface area contributed by atoms with Crippen molar-refractivity contribution in [3.63, 3.8) is 0 Å². The second-order valence-corrected chi connectivity index (χ2v) is 7.49. The molecule has 0 bridgehead atoms. The Hall–Kier alpha value is -1.54. The Morgan fingerprint density at radius 1 is 1.33 bits per heavy atom. The van der Waals surface area contributed by atoms with Gasteiger partial charge in [0.2, 0.25) is 0 Å². The van der Waals surface area contributed by atoms with Gasteiger partial charge in [-0.3, -0.25) is 4.90 Å². The third kappa shape index (κ3) is 3.59. The Morgan fingerprint density at radius 3 is 2.75 bits per heavy atom. The number of aromatic nitrogens is 4. The van der Waals surface area contributed by atoms with Crippen LogP contribution in [0.25, 0.3) is 11.4 Å². The van der Waals surface area contributed by atoms with Gasteiger partial charge in [-0.1, -0.05) is 23.7 Å². The van der Waals surface area contributed by atoms with Crippen LogP contribution >= 0.6 is 35.2 Å². The molecule has 0 spiro atoms. The predicted molar refractivity (Wildman–Crippen MR) is 101 cm³/mol. The quantitative estimate of drug-likeness (QED) is 0.625. The van der Waals surface area contributed by atoms with Crippen LogP contribution in [-0.2, 0) is 20.3 Å². The second kappa shape index (κ2) is 7.14. The molecule has 3 rings (SSSR count). The third-order valence-corrected chi connectivity index (χ3v) is 5.27. The molecule has 8 heteroatoms. The molecule has 0 saturated heterocycles. The molecule has 24 heavy (non-hydrogen) atoms. The standard InChI is InChI=1S/C16H18ClN5S2/c1-11-18-12(9-24-11)8-20(2)10-22-16(23)21(3)15(19-22)13-6-4-5-7-14(13)17/h4-7,9H,8,10H2,1-3H3. The van der Waals surface area contributed by atoms with Gasteiger partial charge in [0.15, 0.2) is 10.6 Å². The van der Waals surface area contributed by atoms with E-state index in [0.717, 1.165) is 28.6 Å². The first kappa shape index (κ1) is 17.3. The molecule has 0 N–H and O–H groups in total. The van der Waals surface area contributed by atoms with Crippen LogP contribution in [0, 0.1) is 11.7 Å². The fourth-order valence-corrected chi connectivity index (χ4v) is 3.50. The minimum Gasteiger partial charge on any atom is -0.303 e. The Kier molecular flexibility index (Phi) is 5.15. The molecule has 0 aliphatic rings. The van der Waals surface area contributed by atoms with Gasteiger partial charge < -0.3 is 4.57 Å². The van der Waals surface area contributed by atoms with Gasteiger partial charge >= 0.3 is 0 Å². The first-order valence-electron chi connectivity index (χ1n) is 7.44. The van der Waals surface area contributed by atoms with E-state index in [1.165, 1.54) is 0 Å². The van der Waals surface area contributed by atoms with E-state index in [-0.39, 0.29) is 0 Å². The van der Waals surface area contributed by atoms with Gasteiger partial charge in [-0.15, -0.1) is 11.3 Å². The number of benzene rings is 1. The molecule has 1 aromatic carbocycles. The van der Waals surface area contributed by atoms with Crippen molar-refractivity contribution in [2.24, 2.45) is 7.05 Å². The van der Waals surface area contributed by atoms with Gasteiger partial charge in [0.25, 0.3) is 0 Å². The lowest BCUT2D eigenvalue weighted by Gasteiger charge is -2.14. The van der Waals surface area contributed by atoms with Crippen molar-refractivity contribution in [1.82, 2.24) is 24.2 Å². The van der Waals surface area contributed by atoms with Crippen LogP contribution in [0.2, 0.25) is 5.02 Å². The maximum Gasteiger partial charge on any atom is 0.199 e. The van der Waals surface area contributed by atoms with Gasteiger partial charge in [-0.25, -0.2) is 9.67 Å². The van der Waals surface area contributed by atoms with Crippen molar-refractivity contribution in [3.05, 3.63) is 50.1 Å². The molecule has 0 amide bonds. The van der Waals surface area contributed by atoms with Gasteiger partial charge in [-0.2, -0.15) is 5.10 Å². The summed E-state index contributed by atoms with van der Waals surface area (Å²) >= 11 is 13.5. The van der Waals surface area contributed by atoms with Gasteiger partial charge in [0.05, 0.1) is 22.4 Å². The fourth-order valence-electron chi connectivity index (χ4n) is 2.49. The number of thiazole rings is 1. The predicted octanol–water partition coefficient (Wildman–Crippen LogP) is 4.13. The van der Waals surface area contributed by atoms with Crippen molar-refractivity contribution in [3.8, 4) is 11.4 Å². The summed E-state index contributed by atoms with van der Waals surface area (Å²) in [5.41, 5.74) is 1.94. The molecule has 0 fully saturated rings. The smallest absolute Gasteiger partial charge is 0.199 e. The number of hydrogen-bond acceptors (Lipinski definition) is 5. The minimum atomic E-state index is 0.591. The van der Waals surface area contributed by atoms with Crippen molar-refractivity contribution in [1.29, 1.82) is 0 Å². The van der Waals surface area contributed by atoms with Crippen molar-refractivity contribution in [2.75, 3.05) is 7.05 Å². The second-order valence-electron chi connectivity index (χ2n) is 5.66. The molecule has 2 aromatic heterocycles. The average molecular weight is 380 g/mol. The summed E-state index contributed by atoms with van der Waals surface area (Å²) in [4.78, 5) is 6.63. The SMILES string of the molecule is Cc1nc(CN(C)Cn2nc(-c3ccccc3Cl)n(C)c2=S)cs1. The number of rotatable bonds is 5. The first-order valence-corrected chi connectivity index (χ1v) is 9.10. The van der Waals surface area contributed by atoms with E-state index in [0.29, 0.717) is 16.5 Å². The van der Waals surface area contributed by atoms with Gasteiger partial charge in [0, 0.05) is 24.5 Å². The van der Waals surface area contributed by atoms with Crippen LogP contribution in [0.5, 0.6) is 0 Å². The highest BCUT2D eigenvalue weighted by atomic mass is 35.5. The molecule has 3 aromatic rings. The van der Waals surface area contributed by atoms with Gasteiger partial charge in [0.1, 0.15) is 0 Å². The van der Waals surface area contributed by atoms with Crippen LogP contribution < -0.4 is 0 Å². The zero-order valence-electron chi connectivity index (χ0n) is 13.7. The maximum absolute atomic E-state index is 6.29. The van der Waals surface area contributed by atoms with E-state index in [4.69, 9.17) is 23.8 Å². The van der Waals surface area contributed by atoms with E-state index >= 15 is 0 Å². The van der Waals surface area contributed by atoms with Crippen LogP contribution in [-0.4, -0.2) is 31.3 Å². The molecule has 0 unspecified atom stereocenters. The summed E-state index contributed by atoms with van der Waals surface area (Å²) < 4.78 is 4.36. The van der Waals surface area contributed by atoms with Crippen LogP contribution in [0.1, 0.15) is 10.7 Å². The molecule has 0 atom stereocenters. The van der Waals surface area contributed by atoms with Crippen LogP contribution in [0.3, 0.4) is 0 Å². The molecule has 0 radical (unpaired) electrons. The molecule has 126 valence electrons. The summed E-state index contributed by atoms with van der Waals surface area (Å²) in [6, 6.07) is 7.65. The van der Waals surface area contributed by atoms with E-state index in [2.05, 4.69) is 20.4 Å². The molecule has 0 saturated carbocycles. The normalized spacial score (nSPS) is 11.4. The molecular formula is C16H18ClN5S2. The zero-order valence-corrected chi connectivity index (χ0v) is 16.1. The summed E-state index contributed by atoms with van der Waals surface area (Å²) in [6.07, 6.45) is 0. The molecule has 2 heterocycles. The Bertz CT molecular complexity index is 911. The highest BCUT2D eigenvalue weighted by molar-refractivity contribution is 7.71. The largest absolute Gasteiger partial charge is 0.303 e. The average Bonchev–Trinajstić information content (AvgIpc) is 3.06. The fraction of sp³-hybridized carbons (Fsp3) is 0.312. The summed E-state index contributed by atoms with van der Waals surface area (Å²) in [7, 11) is 3.94. The van der Waals surface area contributed by atoms with Gasteiger partial charge in [-0.05, 0) is 38.3 Å². The highest BCUT2D eigenvalue weighted by Crippen LogP contribution is 2.26. The lowest BCUT2D eigenvalue weighted by Crippen LogP contribution is -2.22. The van der Waals surface area contributed by atoms with Crippen molar-refractivity contribution >= 4 is 35.2 Å². The lowest BCUT2D eigenvalue weighted by molar-refractivity contribution is 0.242. The van der Waals surface area contributed by atoms with Crippen molar-refractivity contribution < 1.29 is 0 Å². The van der Waals surface area contributed by atoms with E-state index in [9.17, 15) is 0 Å². The van der Waals surface area contributed by atoms with Crippen LogP contribution in [0.4, 0.5) is 0 Å².